The van der Waals surface area contributed by atoms with Gasteiger partial charge >= 0.3 is 0 Å². The lowest BCUT2D eigenvalue weighted by atomic mass is 9.82. The summed E-state index contributed by atoms with van der Waals surface area (Å²) in [7, 11) is 0. The van der Waals surface area contributed by atoms with E-state index in [2.05, 4.69) is 5.10 Å². The monoisotopic (exact) mass is 245 g/mol. The van der Waals surface area contributed by atoms with Crippen molar-refractivity contribution >= 4 is 10.9 Å². The molecule has 2 atom stereocenters. The molecule has 0 aliphatic heterocycles. The van der Waals surface area contributed by atoms with Gasteiger partial charge in [0.05, 0.1) is 23.9 Å². The summed E-state index contributed by atoms with van der Waals surface area (Å²) >= 11 is 0. The molecule has 0 amide bonds. The van der Waals surface area contributed by atoms with E-state index in [0.29, 0.717) is 13.0 Å². The van der Waals surface area contributed by atoms with E-state index in [-0.39, 0.29) is 6.04 Å². The van der Waals surface area contributed by atoms with E-state index in [0.717, 1.165) is 30.2 Å². The molecule has 4 nitrogen and oxygen atoms in total. The van der Waals surface area contributed by atoms with Crippen molar-refractivity contribution in [2.24, 2.45) is 5.73 Å². The van der Waals surface area contributed by atoms with Crippen molar-refractivity contribution in [2.75, 3.05) is 0 Å². The molecule has 4 heteroatoms. The summed E-state index contributed by atoms with van der Waals surface area (Å²) < 4.78 is 1.90. The SMILES string of the molecule is N[C@@H]1CCCC(O)(Cn2ncc3ccccc32)C1. The van der Waals surface area contributed by atoms with Crippen LogP contribution in [0.15, 0.2) is 30.5 Å². The van der Waals surface area contributed by atoms with Crippen LogP contribution in [-0.4, -0.2) is 26.5 Å². The highest BCUT2D eigenvalue weighted by Gasteiger charge is 2.33. The number of hydrogen-bond acceptors (Lipinski definition) is 3. The highest BCUT2D eigenvalue weighted by Crippen LogP contribution is 2.29. The van der Waals surface area contributed by atoms with Crippen molar-refractivity contribution in [1.29, 1.82) is 0 Å². The number of nitrogens with two attached hydrogens (primary N) is 1. The van der Waals surface area contributed by atoms with Crippen LogP contribution in [0.1, 0.15) is 25.7 Å². The third-order valence-corrected chi connectivity index (χ3v) is 3.85. The Kier molecular flexibility index (Phi) is 2.84. The number of para-hydroxylation sites is 1. The van der Waals surface area contributed by atoms with E-state index in [1.54, 1.807) is 0 Å². The minimum atomic E-state index is -0.702. The molecule has 0 bridgehead atoms. The second-order valence-electron chi connectivity index (χ2n) is 5.44. The molecule has 1 aliphatic carbocycles. The molecule has 18 heavy (non-hydrogen) atoms. The molecule has 1 fully saturated rings. The molecule has 1 saturated carbocycles. The van der Waals surface area contributed by atoms with Gasteiger partial charge in [-0.05, 0) is 31.7 Å². The molecule has 0 radical (unpaired) electrons. The highest BCUT2D eigenvalue weighted by atomic mass is 16.3. The standard InChI is InChI=1S/C14H19N3O/c15-12-5-3-7-14(18,8-12)10-17-13-6-2-1-4-11(13)9-16-17/h1-2,4,6,9,12,18H,3,5,7-8,10,15H2/t12-,14?/m1/s1. The fourth-order valence-electron chi connectivity index (χ4n) is 2.96. The zero-order valence-corrected chi connectivity index (χ0v) is 10.4. The third kappa shape index (κ3) is 2.13. The van der Waals surface area contributed by atoms with Gasteiger partial charge < -0.3 is 10.8 Å². The summed E-state index contributed by atoms with van der Waals surface area (Å²) in [5.74, 6) is 0. The van der Waals surface area contributed by atoms with Crippen LogP contribution in [0.2, 0.25) is 0 Å². The molecule has 1 unspecified atom stereocenters. The van der Waals surface area contributed by atoms with Crippen LogP contribution in [0.5, 0.6) is 0 Å². The first-order chi connectivity index (χ1) is 8.66. The highest BCUT2D eigenvalue weighted by molar-refractivity contribution is 5.78. The smallest absolute Gasteiger partial charge is 0.0857 e. The van der Waals surface area contributed by atoms with E-state index in [1.807, 2.05) is 35.1 Å². The number of fused-ring (bicyclic) bond motifs is 1. The third-order valence-electron chi connectivity index (χ3n) is 3.85. The number of aliphatic hydroxyl groups is 1. The summed E-state index contributed by atoms with van der Waals surface area (Å²) in [5, 5.41) is 16.1. The van der Waals surface area contributed by atoms with Crippen molar-refractivity contribution in [3.05, 3.63) is 30.5 Å². The lowest BCUT2D eigenvalue weighted by Gasteiger charge is -2.35. The Hall–Kier alpha value is -1.39. The Labute approximate surface area is 106 Å². The Balaban J connectivity index is 1.87. The Morgan fingerprint density at radius 2 is 2.28 bits per heavy atom. The van der Waals surface area contributed by atoms with E-state index >= 15 is 0 Å². The molecule has 0 spiro atoms. The van der Waals surface area contributed by atoms with Crippen molar-refractivity contribution in [3.63, 3.8) is 0 Å². The minimum Gasteiger partial charge on any atom is -0.388 e. The maximum Gasteiger partial charge on any atom is 0.0857 e. The van der Waals surface area contributed by atoms with Crippen molar-refractivity contribution < 1.29 is 5.11 Å². The first-order valence-electron chi connectivity index (χ1n) is 6.55. The number of benzene rings is 1. The number of rotatable bonds is 2. The molecule has 1 heterocycles. The van der Waals surface area contributed by atoms with Gasteiger partial charge in [0.25, 0.3) is 0 Å². The van der Waals surface area contributed by atoms with Crippen LogP contribution in [0.4, 0.5) is 0 Å². The molecule has 3 rings (SSSR count). The van der Waals surface area contributed by atoms with Crippen LogP contribution in [0, 0.1) is 0 Å². The molecular formula is C14H19N3O. The Bertz CT molecular complexity index is 551. The zero-order chi connectivity index (χ0) is 12.6. The lowest BCUT2D eigenvalue weighted by Crippen LogP contribution is -2.44. The minimum absolute atomic E-state index is 0.116. The Morgan fingerprint density at radius 3 is 3.11 bits per heavy atom. The number of hydrogen-bond donors (Lipinski definition) is 2. The Morgan fingerprint density at radius 1 is 1.44 bits per heavy atom. The molecule has 2 aromatic rings. The maximum atomic E-state index is 10.6. The van der Waals surface area contributed by atoms with Gasteiger partial charge in [-0.2, -0.15) is 5.10 Å². The molecule has 1 aromatic heterocycles. The van der Waals surface area contributed by atoms with Crippen LogP contribution in [-0.2, 0) is 6.54 Å². The molecular weight excluding hydrogens is 226 g/mol. The van der Waals surface area contributed by atoms with Gasteiger partial charge in [0.2, 0.25) is 0 Å². The van der Waals surface area contributed by atoms with Crippen molar-refractivity contribution in [2.45, 2.75) is 43.9 Å². The molecule has 3 N–H and O–H groups in total. The topological polar surface area (TPSA) is 64.1 Å². The van der Waals surface area contributed by atoms with Crippen LogP contribution in [0.3, 0.4) is 0 Å². The van der Waals surface area contributed by atoms with Gasteiger partial charge in [-0.1, -0.05) is 18.2 Å². The van der Waals surface area contributed by atoms with Gasteiger partial charge in [0, 0.05) is 11.4 Å². The van der Waals surface area contributed by atoms with Gasteiger partial charge in [-0.3, -0.25) is 4.68 Å². The molecule has 0 saturated heterocycles. The molecule has 1 aliphatic rings. The normalized spacial score (nSPS) is 28.7. The average Bonchev–Trinajstić information content (AvgIpc) is 2.72. The second kappa shape index (κ2) is 4.37. The number of aromatic nitrogens is 2. The average molecular weight is 245 g/mol. The predicted octanol–water partition coefficient (Wildman–Crippen LogP) is 1.67. The van der Waals surface area contributed by atoms with Gasteiger partial charge in [0.15, 0.2) is 0 Å². The molecule has 96 valence electrons. The van der Waals surface area contributed by atoms with Crippen molar-refractivity contribution in [1.82, 2.24) is 9.78 Å². The van der Waals surface area contributed by atoms with Crippen LogP contribution >= 0.6 is 0 Å². The predicted molar refractivity (Wildman–Crippen MR) is 71.1 cm³/mol. The summed E-state index contributed by atoms with van der Waals surface area (Å²) in [6.45, 7) is 0.536. The van der Waals surface area contributed by atoms with Crippen molar-refractivity contribution in [3.8, 4) is 0 Å². The van der Waals surface area contributed by atoms with E-state index in [9.17, 15) is 5.11 Å². The first kappa shape index (κ1) is 11.7. The summed E-state index contributed by atoms with van der Waals surface area (Å²) in [6, 6.07) is 8.19. The zero-order valence-electron chi connectivity index (χ0n) is 10.4. The maximum absolute atomic E-state index is 10.6. The van der Waals surface area contributed by atoms with E-state index in [4.69, 9.17) is 5.73 Å². The largest absolute Gasteiger partial charge is 0.388 e. The number of nitrogens with zero attached hydrogens (tertiary/aromatic N) is 2. The second-order valence-corrected chi connectivity index (χ2v) is 5.44. The summed E-state index contributed by atoms with van der Waals surface area (Å²) in [6.07, 6.45) is 5.34. The quantitative estimate of drug-likeness (QED) is 0.846. The van der Waals surface area contributed by atoms with E-state index in [1.165, 1.54) is 0 Å². The van der Waals surface area contributed by atoms with Gasteiger partial charge in [-0.15, -0.1) is 0 Å². The molecule has 1 aromatic carbocycles. The lowest BCUT2D eigenvalue weighted by molar-refractivity contribution is -0.0190. The van der Waals surface area contributed by atoms with Gasteiger partial charge in [0.1, 0.15) is 0 Å². The first-order valence-corrected chi connectivity index (χ1v) is 6.55. The van der Waals surface area contributed by atoms with E-state index < -0.39 is 5.60 Å². The fourth-order valence-corrected chi connectivity index (χ4v) is 2.96. The van der Waals surface area contributed by atoms with Crippen LogP contribution in [0.25, 0.3) is 10.9 Å². The summed E-state index contributed by atoms with van der Waals surface area (Å²) in [4.78, 5) is 0. The summed E-state index contributed by atoms with van der Waals surface area (Å²) in [5.41, 5.74) is 6.33. The fraction of sp³-hybridized carbons (Fsp3) is 0.500. The van der Waals surface area contributed by atoms with Crippen LogP contribution < -0.4 is 5.73 Å². The van der Waals surface area contributed by atoms with Gasteiger partial charge in [-0.25, -0.2) is 0 Å².